The van der Waals surface area contributed by atoms with Gasteiger partial charge in [0.1, 0.15) is 18.2 Å². The summed E-state index contributed by atoms with van der Waals surface area (Å²) >= 11 is 0. The molecular weight excluding hydrogens is 339 g/mol. The molecule has 1 aliphatic heterocycles. The maximum atomic E-state index is 13.3. The van der Waals surface area contributed by atoms with E-state index in [1.165, 1.54) is 17.0 Å². The lowest BCUT2D eigenvalue weighted by Crippen LogP contribution is -2.40. The molecule has 9 heteroatoms. The van der Waals surface area contributed by atoms with Gasteiger partial charge in [-0.2, -0.15) is 0 Å². The van der Waals surface area contributed by atoms with E-state index in [9.17, 15) is 17.6 Å². The minimum atomic E-state index is -3.06. The van der Waals surface area contributed by atoms with Crippen LogP contribution in [0, 0.1) is 5.82 Å². The molecule has 0 spiro atoms. The molecule has 0 bridgehead atoms. The third kappa shape index (κ3) is 4.81. The van der Waals surface area contributed by atoms with Crippen LogP contribution >= 0.6 is 0 Å². The second kappa shape index (κ2) is 7.80. The van der Waals surface area contributed by atoms with Gasteiger partial charge in [0.05, 0.1) is 30.3 Å². The summed E-state index contributed by atoms with van der Waals surface area (Å²) in [5.74, 6) is -0.484. The first-order chi connectivity index (χ1) is 11.3. The molecule has 1 saturated heterocycles. The molecule has 1 aromatic carbocycles. The smallest absolute Gasteiger partial charge is 0.241 e. The van der Waals surface area contributed by atoms with Crippen molar-refractivity contribution >= 4 is 21.4 Å². The van der Waals surface area contributed by atoms with Crippen LogP contribution < -0.4 is 10.1 Å². The summed E-state index contributed by atoms with van der Waals surface area (Å²) < 4.78 is 41.5. The Morgan fingerprint density at radius 2 is 2.25 bits per heavy atom. The molecule has 1 aliphatic rings. The maximum absolute atomic E-state index is 13.3. The molecule has 1 amide bonds. The highest BCUT2D eigenvalue weighted by Gasteiger charge is 2.32. The quantitative estimate of drug-likeness (QED) is 0.724. The van der Waals surface area contributed by atoms with Crippen LogP contribution in [0.1, 0.15) is 6.42 Å². The number of sulfone groups is 1. The monoisotopic (exact) mass is 360 g/mol. The normalized spacial score (nSPS) is 19.0. The Balaban J connectivity index is 1.96. The van der Waals surface area contributed by atoms with Crippen molar-refractivity contribution in [3.8, 4) is 5.75 Å². The highest BCUT2D eigenvalue weighted by molar-refractivity contribution is 7.91. The fourth-order valence-electron chi connectivity index (χ4n) is 2.50. The van der Waals surface area contributed by atoms with Gasteiger partial charge in [0, 0.05) is 19.2 Å². The summed E-state index contributed by atoms with van der Waals surface area (Å²) in [5.41, 5.74) is 0.422. The van der Waals surface area contributed by atoms with E-state index in [0.29, 0.717) is 12.1 Å². The molecule has 1 heterocycles. The van der Waals surface area contributed by atoms with Crippen molar-refractivity contribution in [1.29, 1.82) is 0 Å². The molecule has 134 valence electrons. The number of anilines is 1. The fraction of sp³-hybridized carbons (Fsp3) is 0.533. The van der Waals surface area contributed by atoms with Crippen LogP contribution in [0.15, 0.2) is 18.2 Å². The highest BCUT2D eigenvalue weighted by atomic mass is 32.2. The lowest BCUT2D eigenvalue weighted by molar-refractivity contribution is -0.129. The van der Waals surface area contributed by atoms with E-state index >= 15 is 0 Å². The van der Waals surface area contributed by atoms with Crippen LogP contribution in [0.4, 0.5) is 10.1 Å². The summed E-state index contributed by atoms with van der Waals surface area (Å²) in [6.45, 7) is -0.284. The molecule has 1 aromatic rings. The Kier molecular flexibility index (Phi) is 6.00. The summed E-state index contributed by atoms with van der Waals surface area (Å²) in [4.78, 5) is 13.6. The number of likely N-dealkylation sites (N-methyl/N-ethyl adjacent to an activating group) is 1. The van der Waals surface area contributed by atoms with Crippen molar-refractivity contribution in [1.82, 2.24) is 4.90 Å². The molecule has 1 fully saturated rings. The van der Waals surface area contributed by atoms with Crippen LogP contribution in [-0.2, 0) is 14.6 Å². The number of nitrogens with one attached hydrogen (secondary N) is 1. The van der Waals surface area contributed by atoms with Crippen LogP contribution in [0.25, 0.3) is 0 Å². The first-order valence-corrected chi connectivity index (χ1v) is 9.37. The third-order valence-corrected chi connectivity index (χ3v) is 5.62. The molecule has 2 N–H and O–H groups in total. The number of aliphatic hydroxyl groups excluding tert-OH is 1. The first kappa shape index (κ1) is 18.5. The van der Waals surface area contributed by atoms with Crippen LogP contribution in [0.3, 0.4) is 0 Å². The summed E-state index contributed by atoms with van der Waals surface area (Å²) in [6.07, 6.45) is 0.436. The van der Waals surface area contributed by atoms with Gasteiger partial charge < -0.3 is 20.1 Å². The van der Waals surface area contributed by atoms with Crippen LogP contribution in [-0.4, -0.2) is 68.7 Å². The predicted octanol–water partition coefficient (Wildman–Crippen LogP) is 0.254. The number of halogens is 1. The molecule has 0 aliphatic carbocycles. The molecule has 7 nitrogen and oxygen atoms in total. The van der Waals surface area contributed by atoms with Crippen molar-refractivity contribution in [2.45, 2.75) is 12.5 Å². The first-order valence-electron chi connectivity index (χ1n) is 7.55. The number of carbonyl (C=O) groups is 1. The molecular formula is C15H21FN2O5S. The van der Waals surface area contributed by atoms with E-state index in [1.807, 2.05) is 0 Å². The average molecular weight is 360 g/mol. The van der Waals surface area contributed by atoms with Gasteiger partial charge in [-0.3, -0.25) is 4.79 Å². The minimum absolute atomic E-state index is 0.00587. The second-order valence-electron chi connectivity index (χ2n) is 5.63. The molecule has 0 aromatic heterocycles. The summed E-state index contributed by atoms with van der Waals surface area (Å²) in [6, 6.07) is 3.51. The Morgan fingerprint density at radius 1 is 1.50 bits per heavy atom. The number of hydrogen-bond donors (Lipinski definition) is 2. The number of aliphatic hydroxyl groups is 1. The zero-order valence-electron chi connectivity index (χ0n) is 13.4. The molecule has 24 heavy (non-hydrogen) atoms. The topological polar surface area (TPSA) is 95.9 Å². The number of amides is 1. The Bertz CT molecular complexity index is 695. The van der Waals surface area contributed by atoms with Gasteiger partial charge in [0.25, 0.3) is 0 Å². The van der Waals surface area contributed by atoms with Crippen molar-refractivity contribution in [2.75, 3.05) is 43.6 Å². The second-order valence-corrected chi connectivity index (χ2v) is 7.86. The Hall–Kier alpha value is -1.87. The zero-order chi connectivity index (χ0) is 17.7. The van der Waals surface area contributed by atoms with Gasteiger partial charge in [-0.15, -0.1) is 0 Å². The van der Waals surface area contributed by atoms with Gasteiger partial charge in [0.15, 0.2) is 9.84 Å². The van der Waals surface area contributed by atoms with Crippen molar-refractivity contribution in [3.63, 3.8) is 0 Å². The number of benzene rings is 1. The van der Waals surface area contributed by atoms with Crippen LogP contribution in [0.2, 0.25) is 0 Å². The van der Waals surface area contributed by atoms with E-state index in [2.05, 4.69) is 5.32 Å². The Labute approximate surface area is 140 Å². The van der Waals surface area contributed by atoms with E-state index in [0.717, 1.165) is 6.07 Å². The van der Waals surface area contributed by atoms with Gasteiger partial charge in [-0.25, -0.2) is 12.8 Å². The predicted molar refractivity (Wildman–Crippen MR) is 87.3 cm³/mol. The van der Waals surface area contributed by atoms with Crippen LogP contribution in [0.5, 0.6) is 5.75 Å². The lowest BCUT2D eigenvalue weighted by atomic mass is 10.2. The van der Waals surface area contributed by atoms with Gasteiger partial charge in [-0.1, -0.05) is 0 Å². The molecule has 0 saturated carbocycles. The van der Waals surface area contributed by atoms with Gasteiger partial charge in [0.2, 0.25) is 5.91 Å². The van der Waals surface area contributed by atoms with Crippen molar-refractivity contribution in [2.24, 2.45) is 0 Å². The summed E-state index contributed by atoms with van der Waals surface area (Å²) in [7, 11) is -1.49. The number of nitrogens with zero attached hydrogens (tertiary/aromatic N) is 1. The number of hydrogen-bond acceptors (Lipinski definition) is 6. The maximum Gasteiger partial charge on any atom is 0.241 e. The van der Waals surface area contributed by atoms with Crippen molar-refractivity contribution < 1.29 is 27.4 Å². The average Bonchev–Trinajstić information content (AvgIpc) is 2.90. The number of rotatable bonds is 7. The van der Waals surface area contributed by atoms with E-state index in [4.69, 9.17) is 9.84 Å². The van der Waals surface area contributed by atoms with Crippen molar-refractivity contribution in [3.05, 3.63) is 24.0 Å². The highest BCUT2D eigenvalue weighted by Crippen LogP contribution is 2.25. The number of ether oxygens (including phenoxy) is 1. The third-order valence-electron chi connectivity index (χ3n) is 3.87. The molecule has 2 rings (SSSR count). The van der Waals surface area contributed by atoms with E-state index < -0.39 is 15.7 Å². The Morgan fingerprint density at radius 3 is 2.88 bits per heavy atom. The lowest BCUT2D eigenvalue weighted by Gasteiger charge is -2.24. The fourth-order valence-corrected chi connectivity index (χ4v) is 4.27. The summed E-state index contributed by atoms with van der Waals surface area (Å²) in [5, 5.41) is 11.7. The SMILES string of the molecule is CN(C(=O)CNc1ccc(F)cc1OCCO)[C@H]1CCS(=O)(=O)C1. The standard InChI is InChI=1S/C15H21FN2O5S/c1-18(12-4-7-24(21,22)10-12)15(20)9-17-13-3-2-11(16)8-14(13)23-6-5-19/h2-3,8,12,17,19H,4-7,9-10H2,1H3/t12-/m0/s1. The van der Waals surface area contributed by atoms with Gasteiger partial charge >= 0.3 is 0 Å². The van der Waals surface area contributed by atoms with E-state index in [1.54, 1.807) is 7.05 Å². The molecule has 1 atom stereocenters. The van der Waals surface area contributed by atoms with E-state index in [-0.39, 0.29) is 49.0 Å². The molecule has 0 unspecified atom stereocenters. The minimum Gasteiger partial charge on any atom is -0.489 e. The number of carbonyl (C=O) groups excluding carboxylic acids is 1. The largest absolute Gasteiger partial charge is 0.489 e. The van der Waals surface area contributed by atoms with Gasteiger partial charge in [-0.05, 0) is 18.6 Å². The zero-order valence-corrected chi connectivity index (χ0v) is 14.2. The molecule has 0 radical (unpaired) electrons.